The molecule has 1 aliphatic rings. The molecule has 0 aliphatic heterocycles. The lowest BCUT2D eigenvalue weighted by molar-refractivity contribution is 0.159. The summed E-state index contributed by atoms with van der Waals surface area (Å²) in [6.45, 7) is 2.69. The lowest BCUT2D eigenvalue weighted by atomic mass is 9.99. The third-order valence-corrected chi connectivity index (χ3v) is 3.15. The second-order valence-corrected chi connectivity index (χ2v) is 4.36. The van der Waals surface area contributed by atoms with Gasteiger partial charge in [-0.15, -0.1) is 0 Å². The van der Waals surface area contributed by atoms with Gasteiger partial charge in [-0.2, -0.15) is 0 Å². The second-order valence-electron chi connectivity index (χ2n) is 4.36. The Morgan fingerprint density at radius 1 is 1.53 bits per heavy atom. The fourth-order valence-electron chi connectivity index (χ4n) is 2.19. The molecule has 0 aromatic carbocycles. The summed E-state index contributed by atoms with van der Waals surface area (Å²) in [5.74, 6) is 1.53. The Morgan fingerprint density at radius 3 is 2.80 bits per heavy atom. The summed E-state index contributed by atoms with van der Waals surface area (Å²) < 4.78 is 5.38. The number of hydrogen-bond acceptors (Lipinski definition) is 4. The van der Waals surface area contributed by atoms with Gasteiger partial charge >= 0.3 is 0 Å². The van der Waals surface area contributed by atoms with Gasteiger partial charge in [0.15, 0.2) is 0 Å². The van der Waals surface area contributed by atoms with Crippen molar-refractivity contribution in [1.29, 1.82) is 0 Å². The second kappa shape index (κ2) is 4.33. The quantitative estimate of drug-likeness (QED) is 0.788. The minimum atomic E-state index is -0.0949. The molecule has 0 bridgehead atoms. The van der Waals surface area contributed by atoms with Crippen molar-refractivity contribution < 1.29 is 9.52 Å². The van der Waals surface area contributed by atoms with Crippen LogP contribution in [0, 0.1) is 6.92 Å². The monoisotopic (exact) mass is 210 g/mol. The summed E-state index contributed by atoms with van der Waals surface area (Å²) in [6.07, 6.45) is 6.19. The number of nitrogens with one attached hydrogen (secondary N) is 1. The van der Waals surface area contributed by atoms with Gasteiger partial charge in [0.1, 0.15) is 5.76 Å². The largest absolute Gasteiger partial charge is 0.445 e. The Balaban J connectivity index is 1.91. The van der Waals surface area contributed by atoms with Crippen LogP contribution in [0.15, 0.2) is 10.6 Å². The van der Waals surface area contributed by atoms with E-state index in [1.54, 1.807) is 6.20 Å². The van der Waals surface area contributed by atoms with Gasteiger partial charge in [0.05, 0.1) is 19.3 Å². The van der Waals surface area contributed by atoms with Crippen molar-refractivity contribution in [3.8, 4) is 0 Å². The molecule has 0 radical (unpaired) electrons. The number of aryl methyl sites for hydroxylation is 1. The zero-order valence-corrected chi connectivity index (χ0v) is 9.12. The van der Waals surface area contributed by atoms with Crippen LogP contribution in [-0.4, -0.2) is 22.2 Å². The SMILES string of the molecule is Cc1cnc(CNC2(CO)CCCC2)o1. The van der Waals surface area contributed by atoms with Gasteiger partial charge in [-0.05, 0) is 19.8 Å². The lowest BCUT2D eigenvalue weighted by Gasteiger charge is -2.27. The van der Waals surface area contributed by atoms with Crippen molar-refractivity contribution in [3.05, 3.63) is 17.8 Å². The lowest BCUT2D eigenvalue weighted by Crippen LogP contribution is -2.45. The molecule has 2 N–H and O–H groups in total. The summed E-state index contributed by atoms with van der Waals surface area (Å²) in [7, 11) is 0. The standard InChI is InChI=1S/C11H18N2O2/c1-9-6-12-10(15-9)7-13-11(8-14)4-2-3-5-11/h6,13-14H,2-5,7-8H2,1H3. The molecule has 1 saturated carbocycles. The number of aliphatic hydroxyl groups is 1. The predicted octanol–water partition coefficient (Wildman–Crippen LogP) is 1.38. The van der Waals surface area contributed by atoms with E-state index in [0.29, 0.717) is 12.4 Å². The smallest absolute Gasteiger partial charge is 0.208 e. The minimum Gasteiger partial charge on any atom is -0.445 e. The molecular formula is C11H18N2O2. The average Bonchev–Trinajstić information content (AvgIpc) is 2.85. The summed E-state index contributed by atoms with van der Waals surface area (Å²) in [6, 6.07) is 0. The van der Waals surface area contributed by atoms with Gasteiger partial charge in [0, 0.05) is 5.54 Å². The van der Waals surface area contributed by atoms with E-state index >= 15 is 0 Å². The number of nitrogens with zero attached hydrogens (tertiary/aromatic N) is 1. The van der Waals surface area contributed by atoms with Gasteiger partial charge < -0.3 is 14.8 Å². The maximum absolute atomic E-state index is 9.39. The predicted molar refractivity (Wildman–Crippen MR) is 56.4 cm³/mol. The number of oxazole rings is 1. The maximum atomic E-state index is 9.39. The van der Waals surface area contributed by atoms with E-state index in [4.69, 9.17) is 4.42 Å². The molecule has 1 fully saturated rings. The van der Waals surface area contributed by atoms with Crippen LogP contribution in [0.25, 0.3) is 0 Å². The summed E-state index contributed by atoms with van der Waals surface area (Å²) in [4.78, 5) is 4.13. The minimum absolute atomic E-state index is 0.0949. The third kappa shape index (κ3) is 2.38. The molecule has 2 rings (SSSR count). The van der Waals surface area contributed by atoms with Crippen molar-refractivity contribution in [2.24, 2.45) is 0 Å². The van der Waals surface area contributed by atoms with Crippen LogP contribution >= 0.6 is 0 Å². The van der Waals surface area contributed by atoms with Crippen LogP contribution in [0.3, 0.4) is 0 Å². The molecule has 1 aromatic rings. The van der Waals surface area contributed by atoms with Gasteiger partial charge in [-0.3, -0.25) is 0 Å². The molecule has 1 heterocycles. The Morgan fingerprint density at radius 2 is 2.27 bits per heavy atom. The fourth-order valence-corrected chi connectivity index (χ4v) is 2.19. The first-order chi connectivity index (χ1) is 7.24. The van der Waals surface area contributed by atoms with Crippen molar-refractivity contribution in [1.82, 2.24) is 10.3 Å². The first-order valence-corrected chi connectivity index (χ1v) is 5.51. The summed E-state index contributed by atoms with van der Waals surface area (Å²) in [5.41, 5.74) is -0.0949. The van der Waals surface area contributed by atoms with Gasteiger partial charge in [0.25, 0.3) is 0 Å². The average molecular weight is 210 g/mol. The van der Waals surface area contributed by atoms with Crippen molar-refractivity contribution in [2.45, 2.75) is 44.7 Å². The van der Waals surface area contributed by atoms with Crippen molar-refractivity contribution in [3.63, 3.8) is 0 Å². The molecule has 1 aliphatic carbocycles. The molecule has 1 aromatic heterocycles. The molecule has 0 atom stereocenters. The number of hydrogen-bond donors (Lipinski definition) is 2. The Hall–Kier alpha value is -0.870. The van der Waals surface area contributed by atoms with Crippen LogP contribution in [-0.2, 0) is 6.54 Å². The Bertz CT molecular complexity index is 316. The zero-order chi connectivity index (χ0) is 10.7. The maximum Gasteiger partial charge on any atom is 0.208 e. The fraction of sp³-hybridized carbons (Fsp3) is 0.727. The van der Waals surface area contributed by atoms with Crippen LogP contribution in [0.1, 0.15) is 37.3 Å². The highest BCUT2D eigenvalue weighted by atomic mass is 16.4. The van der Waals surface area contributed by atoms with E-state index < -0.39 is 0 Å². The number of rotatable bonds is 4. The van der Waals surface area contributed by atoms with E-state index in [1.165, 1.54) is 12.8 Å². The molecule has 4 nitrogen and oxygen atoms in total. The van der Waals surface area contributed by atoms with E-state index in [0.717, 1.165) is 18.6 Å². The van der Waals surface area contributed by atoms with Crippen LogP contribution < -0.4 is 5.32 Å². The van der Waals surface area contributed by atoms with E-state index in [9.17, 15) is 5.11 Å². The summed E-state index contributed by atoms with van der Waals surface area (Å²) >= 11 is 0. The van der Waals surface area contributed by atoms with Gasteiger partial charge in [-0.25, -0.2) is 4.98 Å². The molecular weight excluding hydrogens is 192 g/mol. The van der Waals surface area contributed by atoms with Crippen LogP contribution in [0.2, 0.25) is 0 Å². The first-order valence-electron chi connectivity index (χ1n) is 5.51. The van der Waals surface area contributed by atoms with Crippen molar-refractivity contribution >= 4 is 0 Å². The highest BCUT2D eigenvalue weighted by Crippen LogP contribution is 2.29. The van der Waals surface area contributed by atoms with Crippen LogP contribution in [0.4, 0.5) is 0 Å². The van der Waals surface area contributed by atoms with E-state index in [2.05, 4.69) is 10.3 Å². The molecule has 0 spiro atoms. The third-order valence-electron chi connectivity index (χ3n) is 3.15. The highest BCUT2D eigenvalue weighted by molar-refractivity contribution is 4.95. The molecule has 0 unspecified atom stereocenters. The molecule has 84 valence electrons. The Kier molecular flexibility index (Phi) is 3.07. The molecule has 0 amide bonds. The van der Waals surface area contributed by atoms with Gasteiger partial charge in [0.2, 0.25) is 5.89 Å². The van der Waals surface area contributed by atoms with E-state index in [-0.39, 0.29) is 12.1 Å². The van der Waals surface area contributed by atoms with E-state index in [1.807, 2.05) is 6.92 Å². The van der Waals surface area contributed by atoms with Gasteiger partial charge in [-0.1, -0.05) is 12.8 Å². The number of aromatic nitrogens is 1. The Labute approximate surface area is 89.7 Å². The highest BCUT2D eigenvalue weighted by Gasteiger charge is 2.32. The zero-order valence-electron chi connectivity index (χ0n) is 9.12. The molecule has 4 heteroatoms. The van der Waals surface area contributed by atoms with Crippen molar-refractivity contribution in [2.75, 3.05) is 6.61 Å². The normalized spacial score (nSPS) is 19.6. The molecule has 0 saturated heterocycles. The molecule has 15 heavy (non-hydrogen) atoms. The topological polar surface area (TPSA) is 58.3 Å². The van der Waals surface area contributed by atoms with Crippen LogP contribution in [0.5, 0.6) is 0 Å². The first kappa shape index (κ1) is 10.6. The number of aliphatic hydroxyl groups excluding tert-OH is 1. The summed E-state index contributed by atoms with van der Waals surface area (Å²) in [5, 5.41) is 12.8.